The molecule has 18 heavy (non-hydrogen) atoms. The Balaban J connectivity index is 2.68. The minimum Gasteiger partial charge on any atom is -0.481 e. The van der Waals surface area contributed by atoms with Crippen LogP contribution in [-0.4, -0.2) is 49.7 Å². The van der Waals surface area contributed by atoms with Gasteiger partial charge in [-0.15, -0.1) is 0 Å². The van der Waals surface area contributed by atoms with E-state index in [0.717, 1.165) is 18.8 Å². The molecule has 0 aromatic heterocycles. The summed E-state index contributed by atoms with van der Waals surface area (Å²) >= 11 is 5.85. The minimum atomic E-state index is -0.779. The van der Waals surface area contributed by atoms with Crippen molar-refractivity contribution in [1.82, 2.24) is 4.90 Å². The molecule has 0 aliphatic rings. The zero-order chi connectivity index (χ0) is 13.5. The number of benzene rings is 1. The van der Waals surface area contributed by atoms with E-state index in [2.05, 4.69) is 9.80 Å². The summed E-state index contributed by atoms with van der Waals surface area (Å²) in [6.07, 6.45) is 0.135. The van der Waals surface area contributed by atoms with Crippen LogP contribution in [0.15, 0.2) is 24.3 Å². The van der Waals surface area contributed by atoms with Gasteiger partial charge in [0, 0.05) is 30.3 Å². The quantitative estimate of drug-likeness (QED) is 0.825. The maximum absolute atomic E-state index is 10.7. The molecule has 0 radical (unpaired) electrons. The van der Waals surface area contributed by atoms with Gasteiger partial charge in [0.25, 0.3) is 0 Å². The van der Waals surface area contributed by atoms with Gasteiger partial charge in [-0.3, -0.25) is 4.79 Å². The van der Waals surface area contributed by atoms with Gasteiger partial charge in [0.15, 0.2) is 0 Å². The summed E-state index contributed by atoms with van der Waals surface area (Å²) in [7, 11) is 3.99. The van der Waals surface area contributed by atoms with Crippen molar-refractivity contribution in [1.29, 1.82) is 0 Å². The topological polar surface area (TPSA) is 43.8 Å². The van der Waals surface area contributed by atoms with Gasteiger partial charge in [-0.1, -0.05) is 11.6 Å². The molecule has 0 bridgehead atoms. The van der Waals surface area contributed by atoms with Crippen LogP contribution in [0.3, 0.4) is 0 Å². The van der Waals surface area contributed by atoms with Crippen molar-refractivity contribution < 1.29 is 9.90 Å². The zero-order valence-electron chi connectivity index (χ0n) is 10.8. The molecule has 0 atom stereocenters. The van der Waals surface area contributed by atoms with Crippen LogP contribution in [0.5, 0.6) is 0 Å². The fraction of sp³-hybridized carbons (Fsp3) is 0.462. The average molecular weight is 271 g/mol. The van der Waals surface area contributed by atoms with Crippen molar-refractivity contribution in [3.05, 3.63) is 29.3 Å². The largest absolute Gasteiger partial charge is 0.481 e. The third-order valence-corrected chi connectivity index (χ3v) is 2.86. The van der Waals surface area contributed by atoms with Gasteiger partial charge in [-0.05, 0) is 38.4 Å². The minimum absolute atomic E-state index is 0.135. The Morgan fingerprint density at radius 3 is 2.28 bits per heavy atom. The lowest BCUT2D eigenvalue weighted by Crippen LogP contribution is -2.33. The molecular weight excluding hydrogens is 252 g/mol. The number of aliphatic carboxylic acids is 1. The molecule has 1 aromatic rings. The van der Waals surface area contributed by atoms with Crippen LogP contribution in [0.2, 0.25) is 5.02 Å². The highest BCUT2D eigenvalue weighted by molar-refractivity contribution is 6.30. The summed E-state index contributed by atoms with van der Waals surface area (Å²) in [6, 6.07) is 7.47. The van der Waals surface area contributed by atoms with Crippen molar-refractivity contribution in [3.8, 4) is 0 Å². The zero-order valence-corrected chi connectivity index (χ0v) is 11.5. The summed E-state index contributed by atoms with van der Waals surface area (Å²) in [5.41, 5.74) is 1.00. The number of nitrogens with zero attached hydrogens (tertiary/aromatic N) is 2. The number of carboxylic acids is 1. The van der Waals surface area contributed by atoms with E-state index in [9.17, 15) is 4.79 Å². The van der Waals surface area contributed by atoms with E-state index < -0.39 is 5.97 Å². The molecule has 0 spiro atoms. The standard InChI is InChI=1S/C13H19ClN2O2/c1-15(2)9-10-16(8-7-13(17)18)12-5-3-11(14)4-6-12/h3-6H,7-10H2,1-2H3,(H,17,18). The first-order chi connectivity index (χ1) is 8.49. The van der Waals surface area contributed by atoms with Crippen LogP contribution in [0.4, 0.5) is 5.69 Å². The monoisotopic (exact) mass is 270 g/mol. The Kier molecular flexibility index (Phi) is 5.95. The summed E-state index contributed by atoms with van der Waals surface area (Å²) in [4.78, 5) is 14.8. The van der Waals surface area contributed by atoms with Crippen LogP contribution < -0.4 is 4.90 Å². The maximum atomic E-state index is 10.7. The number of halogens is 1. The number of rotatable bonds is 7. The second kappa shape index (κ2) is 7.24. The van der Waals surface area contributed by atoms with Gasteiger partial charge < -0.3 is 14.9 Å². The van der Waals surface area contributed by atoms with Gasteiger partial charge in [0.05, 0.1) is 6.42 Å². The summed E-state index contributed by atoms with van der Waals surface area (Å²) < 4.78 is 0. The third-order valence-electron chi connectivity index (χ3n) is 2.60. The van der Waals surface area contributed by atoms with Gasteiger partial charge in [-0.25, -0.2) is 0 Å². The van der Waals surface area contributed by atoms with E-state index in [1.165, 1.54) is 0 Å². The molecule has 0 aliphatic heterocycles. The summed E-state index contributed by atoms with van der Waals surface area (Å²) in [5, 5.41) is 9.46. The fourth-order valence-corrected chi connectivity index (χ4v) is 1.70. The van der Waals surface area contributed by atoms with Crippen molar-refractivity contribution >= 4 is 23.3 Å². The average Bonchev–Trinajstić information content (AvgIpc) is 2.30. The smallest absolute Gasteiger partial charge is 0.305 e. The molecule has 1 N–H and O–H groups in total. The van der Waals surface area contributed by atoms with Crippen LogP contribution in [0.1, 0.15) is 6.42 Å². The number of hydrogen-bond acceptors (Lipinski definition) is 3. The SMILES string of the molecule is CN(C)CCN(CCC(=O)O)c1ccc(Cl)cc1. The predicted molar refractivity (Wildman–Crippen MR) is 74.5 cm³/mol. The number of anilines is 1. The first-order valence-electron chi connectivity index (χ1n) is 5.86. The van der Waals surface area contributed by atoms with E-state index in [-0.39, 0.29) is 6.42 Å². The maximum Gasteiger partial charge on any atom is 0.305 e. The first-order valence-corrected chi connectivity index (χ1v) is 6.24. The molecule has 0 unspecified atom stereocenters. The first kappa shape index (κ1) is 14.8. The van der Waals surface area contributed by atoms with Gasteiger partial charge in [0.1, 0.15) is 0 Å². The molecule has 1 rings (SSSR count). The number of carbonyl (C=O) groups is 1. The van der Waals surface area contributed by atoms with Gasteiger partial charge in [0.2, 0.25) is 0 Å². The number of carboxylic acid groups (broad SMARTS) is 1. The lowest BCUT2D eigenvalue weighted by molar-refractivity contribution is -0.136. The van der Waals surface area contributed by atoms with Crippen molar-refractivity contribution in [2.75, 3.05) is 38.6 Å². The molecule has 0 amide bonds. The van der Waals surface area contributed by atoms with E-state index in [1.807, 2.05) is 38.4 Å². The highest BCUT2D eigenvalue weighted by atomic mass is 35.5. The van der Waals surface area contributed by atoms with Crippen molar-refractivity contribution in [3.63, 3.8) is 0 Å². The highest BCUT2D eigenvalue weighted by Crippen LogP contribution is 2.18. The van der Waals surface area contributed by atoms with Crippen molar-refractivity contribution in [2.24, 2.45) is 0 Å². The van der Waals surface area contributed by atoms with Crippen LogP contribution in [0.25, 0.3) is 0 Å². The summed E-state index contributed by atoms with van der Waals surface area (Å²) in [5.74, 6) is -0.779. The molecule has 1 aromatic carbocycles. The van der Waals surface area contributed by atoms with Crippen LogP contribution in [-0.2, 0) is 4.79 Å². The van der Waals surface area contributed by atoms with E-state index >= 15 is 0 Å². The predicted octanol–water partition coefficient (Wildman–Crippen LogP) is 2.18. The van der Waals surface area contributed by atoms with Gasteiger partial charge >= 0.3 is 5.97 Å². The Labute approximate surface area is 113 Å². The lowest BCUT2D eigenvalue weighted by Gasteiger charge is -2.25. The third kappa shape index (κ3) is 5.38. The van der Waals surface area contributed by atoms with E-state index in [4.69, 9.17) is 16.7 Å². The molecule has 0 fully saturated rings. The molecular formula is C13H19ClN2O2. The molecule has 0 saturated carbocycles. The lowest BCUT2D eigenvalue weighted by atomic mass is 10.2. The Bertz CT molecular complexity index is 379. The molecule has 0 heterocycles. The highest BCUT2D eigenvalue weighted by Gasteiger charge is 2.09. The van der Waals surface area contributed by atoms with E-state index in [1.54, 1.807) is 0 Å². The Morgan fingerprint density at radius 1 is 1.17 bits per heavy atom. The normalized spacial score (nSPS) is 10.7. The Morgan fingerprint density at radius 2 is 1.78 bits per heavy atom. The Hall–Kier alpha value is -1.26. The van der Waals surface area contributed by atoms with Crippen LogP contribution >= 0.6 is 11.6 Å². The van der Waals surface area contributed by atoms with Crippen LogP contribution in [0, 0.1) is 0 Å². The van der Waals surface area contributed by atoms with Crippen molar-refractivity contribution in [2.45, 2.75) is 6.42 Å². The summed E-state index contributed by atoms with van der Waals surface area (Å²) in [6.45, 7) is 2.18. The number of hydrogen-bond donors (Lipinski definition) is 1. The second-order valence-electron chi connectivity index (χ2n) is 4.41. The number of likely N-dealkylation sites (N-methyl/N-ethyl adjacent to an activating group) is 1. The molecule has 100 valence electrons. The van der Waals surface area contributed by atoms with Gasteiger partial charge in [-0.2, -0.15) is 0 Å². The molecule has 0 saturated heterocycles. The molecule has 0 aliphatic carbocycles. The second-order valence-corrected chi connectivity index (χ2v) is 4.85. The molecule has 5 heteroatoms. The molecule has 4 nitrogen and oxygen atoms in total. The van der Waals surface area contributed by atoms with E-state index in [0.29, 0.717) is 11.6 Å². The fourth-order valence-electron chi connectivity index (χ4n) is 1.57.